The van der Waals surface area contributed by atoms with Crippen LogP contribution < -0.4 is 0 Å². The summed E-state index contributed by atoms with van der Waals surface area (Å²) in [5.74, 6) is 0.638. The summed E-state index contributed by atoms with van der Waals surface area (Å²) in [6.07, 6.45) is 2.45. The predicted molar refractivity (Wildman–Crippen MR) is 89.9 cm³/mol. The number of nitrogens with zero attached hydrogens (tertiary/aromatic N) is 1. The van der Waals surface area contributed by atoms with Gasteiger partial charge in [-0.2, -0.15) is 0 Å². The van der Waals surface area contributed by atoms with Gasteiger partial charge >= 0.3 is 0 Å². The van der Waals surface area contributed by atoms with Crippen LogP contribution in [-0.4, -0.2) is 18.0 Å². The van der Waals surface area contributed by atoms with Gasteiger partial charge in [-0.25, -0.2) is 0 Å². The van der Waals surface area contributed by atoms with Crippen LogP contribution in [0.3, 0.4) is 0 Å². The predicted octanol–water partition coefficient (Wildman–Crippen LogP) is 4.61. The number of rotatable bonds is 4. The van der Waals surface area contributed by atoms with Crippen molar-refractivity contribution in [3.8, 4) is 0 Å². The second-order valence-corrected chi connectivity index (χ2v) is 5.93. The molecular formula is C20H23N. The minimum absolute atomic E-state index is 0.638. The number of allylic oxidation sites excluding steroid dienone is 1. The molecule has 0 atom stereocenters. The fourth-order valence-electron chi connectivity index (χ4n) is 3.17. The smallest absolute Gasteiger partial charge is 0.0233 e. The third-order valence-corrected chi connectivity index (χ3v) is 4.47. The lowest BCUT2D eigenvalue weighted by molar-refractivity contribution is 0.199. The van der Waals surface area contributed by atoms with Crippen LogP contribution in [0.1, 0.15) is 24.0 Å². The maximum absolute atomic E-state index is 4.34. The first kappa shape index (κ1) is 14.1. The maximum atomic E-state index is 4.34. The lowest BCUT2D eigenvalue weighted by Crippen LogP contribution is -2.33. The van der Waals surface area contributed by atoms with E-state index in [4.69, 9.17) is 0 Å². The average Bonchev–Trinajstić information content (AvgIpc) is 2.57. The van der Waals surface area contributed by atoms with E-state index in [9.17, 15) is 0 Å². The zero-order valence-electron chi connectivity index (χ0n) is 12.5. The van der Waals surface area contributed by atoms with Crippen LogP contribution >= 0.6 is 0 Å². The van der Waals surface area contributed by atoms with Crippen molar-refractivity contribution in [1.29, 1.82) is 0 Å². The summed E-state index contributed by atoms with van der Waals surface area (Å²) in [6, 6.07) is 21.4. The van der Waals surface area contributed by atoms with Crippen molar-refractivity contribution >= 4 is 5.57 Å². The van der Waals surface area contributed by atoms with Crippen LogP contribution in [0.5, 0.6) is 0 Å². The Bertz CT molecular complexity index is 565. The minimum atomic E-state index is 0.638. The van der Waals surface area contributed by atoms with E-state index >= 15 is 0 Å². The largest absolute Gasteiger partial charge is 0.299 e. The van der Waals surface area contributed by atoms with E-state index in [0.29, 0.717) is 5.92 Å². The van der Waals surface area contributed by atoms with Gasteiger partial charge in [-0.15, -0.1) is 0 Å². The molecule has 1 aliphatic heterocycles. The molecule has 108 valence electrons. The number of benzene rings is 2. The van der Waals surface area contributed by atoms with Crippen molar-refractivity contribution < 1.29 is 0 Å². The molecule has 0 bridgehead atoms. The van der Waals surface area contributed by atoms with Gasteiger partial charge in [-0.1, -0.05) is 67.2 Å². The van der Waals surface area contributed by atoms with Gasteiger partial charge in [0.2, 0.25) is 0 Å². The van der Waals surface area contributed by atoms with Crippen LogP contribution in [0, 0.1) is 5.92 Å². The quantitative estimate of drug-likeness (QED) is 0.788. The highest BCUT2D eigenvalue weighted by atomic mass is 15.1. The molecule has 1 aliphatic rings. The molecule has 0 N–H and O–H groups in total. The summed E-state index contributed by atoms with van der Waals surface area (Å²) in [6.45, 7) is 7.76. The van der Waals surface area contributed by atoms with Crippen molar-refractivity contribution in [2.75, 3.05) is 13.1 Å². The Morgan fingerprint density at radius 1 is 0.905 bits per heavy atom. The second-order valence-electron chi connectivity index (χ2n) is 5.93. The molecule has 2 aromatic carbocycles. The Balaban J connectivity index is 1.54. The second kappa shape index (κ2) is 6.73. The molecule has 0 aromatic heterocycles. The Morgan fingerprint density at radius 3 is 2.10 bits per heavy atom. The molecule has 3 rings (SSSR count). The molecule has 1 heteroatoms. The summed E-state index contributed by atoms with van der Waals surface area (Å²) in [7, 11) is 0. The van der Waals surface area contributed by atoms with E-state index < -0.39 is 0 Å². The van der Waals surface area contributed by atoms with Crippen molar-refractivity contribution in [2.45, 2.75) is 19.4 Å². The Morgan fingerprint density at radius 2 is 1.48 bits per heavy atom. The summed E-state index contributed by atoms with van der Waals surface area (Å²) in [5.41, 5.74) is 4.03. The van der Waals surface area contributed by atoms with E-state index in [0.717, 1.165) is 6.54 Å². The molecule has 0 unspecified atom stereocenters. The molecule has 0 saturated carbocycles. The zero-order chi connectivity index (χ0) is 14.5. The zero-order valence-corrected chi connectivity index (χ0v) is 12.5. The van der Waals surface area contributed by atoms with Gasteiger partial charge in [-0.3, -0.25) is 4.90 Å². The molecule has 1 nitrogen and oxygen atoms in total. The van der Waals surface area contributed by atoms with Gasteiger partial charge < -0.3 is 0 Å². The van der Waals surface area contributed by atoms with Gasteiger partial charge in [0.05, 0.1) is 0 Å². The summed E-state index contributed by atoms with van der Waals surface area (Å²) in [4.78, 5) is 2.56. The first-order chi connectivity index (χ1) is 10.3. The first-order valence-electron chi connectivity index (χ1n) is 7.83. The molecule has 1 saturated heterocycles. The van der Waals surface area contributed by atoms with Crippen molar-refractivity contribution in [1.82, 2.24) is 4.90 Å². The van der Waals surface area contributed by atoms with E-state index in [1.54, 1.807) is 0 Å². The number of piperidine rings is 1. The van der Waals surface area contributed by atoms with E-state index in [-0.39, 0.29) is 0 Å². The Kier molecular flexibility index (Phi) is 4.52. The fourth-order valence-corrected chi connectivity index (χ4v) is 3.17. The summed E-state index contributed by atoms with van der Waals surface area (Å²) in [5, 5.41) is 0. The van der Waals surface area contributed by atoms with Crippen LogP contribution in [0.2, 0.25) is 0 Å². The third-order valence-electron chi connectivity index (χ3n) is 4.47. The van der Waals surface area contributed by atoms with Crippen LogP contribution in [0.4, 0.5) is 0 Å². The van der Waals surface area contributed by atoms with Gasteiger partial charge in [0.1, 0.15) is 0 Å². The highest BCUT2D eigenvalue weighted by Gasteiger charge is 2.21. The lowest BCUT2D eigenvalue weighted by Gasteiger charge is -2.33. The Hall–Kier alpha value is -1.86. The highest BCUT2D eigenvalue weighted by molar-refractivity contribution is 5.65. The van der Waals surface area contributed by atoms with E-state index in [1.807, 2.05) is 0 Å². The molecular weight excluding hydrogens is 254 g/mol. The average molecular weight is 277 g/mol. The van der Waals surface area contributed by atoms with Gasteiger partial charge in [-0.05, 0) is 48.5 Å². The molecule has 0 amide bonds. The van der Waals surface area contributed by atoms with Crippen LogP contribution in [0.15, 0.2) is 67.2 Å². The van der Waals surface area contributed by atoms with E-state index in [1.165, 1.54) is 42.6 Å². The Labute approximate surface area is 127 Å². The molecule has 0 radical (unpaired) electrons. The normalized spacial score (nSPS) is 16.8. The summed E-state index contributed by atoms with van der Waals surface area (Å²) < 4.78 is 0. The fraction of sp³-hybridized carbons (Fsp3) is 0.300. The van der Waals surface area contributed by atoms with Crippen LogP contribution in [-0.2, 0) is 6.54 Å². The van der Waals surface area contributed by atoms with Crippen molar-refractivity contribution in [3.05, 3.63) is 78.4 Å². The maximum Gasteiger partial charge on any atom is 0.0233 e. The van der Waals surface area contributed by atoms with Gasteiger partial charge in [0.25, 0.3) is 0 Å². The standard InChI is InChI=1S/C20H23N/c1-17(19-10-6-3-7-11-19)20-12-14-21(15-13-20)16-18-8-4-2-5-9-18/h2-11,20H,1,12-16H2. The van der Waals surface area contributed by atoms with Crippen molar-refractivity contribution in [3.63, 3.8) is 0 Å². The minimum Gasteiger partial charge on any atom is -0.299 e. The lowest BCUT2D eigenvalue weighted by atomic mass is 9.86. The number of hydrogen-bond acceptors (Lipinski definition) is 1. The molecule has 21 heavy (non-hydrogen) atoms. The summed E-state index contributed by atoms with van der Waals surface area (Å²) >= 11 is 0. The van der Waals surface area contributed by atoms with Gasteiger partial charge in [0.15, 0.2) is 0 Å². The molecule has 1 heterocycles. The first-order valence-corrected chi connectivity index (χ1v) is 7.83. The van der Waals surface area contributed by atoms with Crippen molar-refractivity contribution in [2.24, 2.45) is 5.92 Å². The molecule has 0 aliphatic carbocycles. The molecule has 2 aromatic rings. The van der Waals surface area contributed by atoms with Crippen LogP contribution in [0.25, 0.3) is 5.57 Å². The third kappa shape index (κ3) is 3.62. The number of likely N-dealkylation sites (tertiary alicyclic amines) is 1. The molecule has 1 fully saturated rings. The highest BCUT2D eigenvalue weighted by Crippen LogP contribution is 2.30. The van der Waals surface area contributed by atoms with Gasteiger partial charge in [0, 0.05) is 6.54 Å². The topological polar surface area (TPSA) is 3.24 Å². The molecule has 0 spiro atoms. The monoisotopic (exact) mass is 277 g/mol. The van der Waals surface area contributed by atoms with E-state index in [2.05, 4.69) is 72.1 Å². The number of hydrogen-bond donors (Lipinski definition) is 0. The SMILES string of the molecule is C=C(c1ccccc1)C1CCN(Cc2ccccc2)CC1.